The molecule has 0 bridgehead atoms. The number of primary sulfonamides is 1. The molecule has 0 spiro atoms. The number of ether oxygens (including phenoxy) is 2. The van der Waals surface area contributed by atoms with E-state index in [4.69, 9.17) is 14.6 Å². The number of hydrogen-bond donors (Lipinski definition) is 2. The Hall–Kier alpha value is -0.200. The molecule has 10 heteroatoms. The number of nitrogens with one attached hydrogen (secondary N) is 1. The predicted molar refractivity (Wildman–Crippen MR) is 96.6 cm³/mol. The van der Waals surface area contributed by atoms with Crippen LogP contribution in [0.1, 0.15) is 31.9 Å². The molecule has 0 aromatic carbocycles. The molecule has 0 radical (unpaired) electrons. The van der Waals surface area contributed by atoms with Crippen LogP contribution in [0.3, 0.4) is 0 Å². The third kappa shape index (κ3) is 5.40. The van der Waals surface area contributed by atoms with E-state index in [1.807, 2.05) is 6.92 Å². The molecule has 0 saturated heterocycles. The van der Waals surface area contributed by atoms with Gasteiger partial charge in [-0.25, -0.2) is 17.9 Å². The van der Waals surface area contributed by atoms with Crippen LogP contribution in [0.15, 0.2) is 14.5 Å². The van der Waals surface area contributed by atoms with E-state index in [1.165, 1.54) is 11.3 Å². The molecule has 1 aromatic rings. The second kappa shape index (κ2) is 8.95. The lowest BCUT2D eigenvalue weighted by molar-refractivity contribution is -0.111. The molecular weight excluding hydrogens is 370 g/mol. The van der Waals surface area contributed by atoms with E-state index in [2.05, 4.69) is 16.5 Å². The van der Waals surface area contributed by atoms with Gasteiger partial charge in [-0.3, -0.25) is 0 Å². The molecule has 2 heterocycles. The Labute approximate surface area is 152 Å². The van der Waals surface area contributed by atoms with E-state index in [-0.39, 0.29) is 16.5 Å². The molecule has 1 aromatic heterocycles. The second-order valence-corrected chi connectivity index (χ2v) is 9.72. The highest BCUT2D eigenvalue weighted by molar-refractivity contribution is 7.99. The normalized spacial score (nSPS) is 20.1. The van der Waals surface area contributed by atoms with Gasteiger partial charge in [0.15, 0.2) is 6.29 Å². The summed E-state index contributed by atoms with van der Waals surface area (Å²) in [5, 5.41) is 8.77. The van der Waals surface area contributed by atoms with Gasteiger partial charge in [-0.1, -0.05) is 6.92 Å². The van der Waals surface area contributed by atoms with Crippen molar-refractivity contribution in [2.24, 2.45) is 5.14 Å². The van der Waals surface area contributed by atoms with Crippen molar-refractivity contribution in [1.82, 2.24) is 9.62 Å². The van der Waals surface area contributed by atoms with Crippen LogP contribution in [0.5, 0.6) is 0 Å². The first-order valence-corrected chi connectivity index (χ1v) is 11.0. The summed E-state index contributed by atoms with van der Waals surface area (Å²) in [6, 6.07) is 1.80. The number of methoxy groups -OCH3 is 1. The van der Waals surface area contributed by atoms with Crippen molar-refractivity contribution >= 4 is 33.3 Å². The van der Waals surface area contributed by atoms with Crippen LogP contribution in [0.2, 0.25) is 0 Å². The molecule has 2 rings (SSSR count). The number of rotatable bonds is 9. The van der Waals surface area contributed by atoms with Crippen molar-refractivity contribution < 1.29 is 17.9 Å². The SMILES string of the molecule is CCCNC1CN(CCOC(C)OC)Sc2sc(S(N)(=O)=O)cc21. The molecule has 7 nitrogen and oxygen atoms in total. The minimum atomic E-state index is -3.67. The Morgan fingerprint density at radius 3 is 2.92 bits per heavy atom. The van der Waals surface area contributed by atoms with Crippen LogP contribution in [0, 0.1) is 0 Å². The van der Waals surface area contributed by atoms with Gasteiger partial charge < -0.3 is 14.8 Å². The van der Waals surface area contributed by atoms with E-state index in [9.17, 15) is 8.42 Å². The summed E-state index contributed by atoms with van der Waals surface area (Å²) < 4.78 is 37.3. The fourth-order valence-corrected chi connectivity index (χ4v) is 5.81. The maximum atomic E-state index is 11.6. The Morgan fingerprint density at radius 2 is 2.29 bits per heavy atom. The first kappa shape index (κ1) is 20.1. The van der Waals surface area contributed by atoms with E-state index in [0.717, 1.165) is 35.8 Å². The van der Waals surface area contributed by atoms with Gasteiger partial charge in [-0.05, 0) is 43.5 Å². The van der Waals surface area contributed by atoms with Crippen LogP contribution in [0.4, 0.5) is 0 Å². The van der Waals surface area contributed by atoms with Crippen LogP contribution in [-0.4, -0.2) is 52.4 Å². The predicted octanol–water partition coefficient (Wildman–Crippen LogP) is 1.77. The molecule has 2 atom stereocenters. The van der Waals surface area contributed by atoms with Gasteiger partial charge in [0.1, 0.15) is 4.21 Å². The molecule has 0 fully saturated rings. The number of hydrogen-bond acceptors (Lipinski definition) is 8. The zero-order chi connectivity index (χ0) is 17.7. The van der Waals surface area contributed by atoms with Crippen molar-refractivity contribution in [2.75, 3.05) is 33.4 Å². The molecule has 3 N–H and O–H groups in total. The summed E-state index contributed by atoms with van der Waals surface area (Å²) >= 11 is 2.79. The van der Waals surface area contributed by atoms with Crippen molar-refractivity contribution in [3.63, 3.8) is 0 Å². The Morgan fingerprint density at radius 1 is 1.54 bits per heavy atom. The first-order chi connectivity index (χ1) is 11.3. The molecule has 1 aliphatic heterocycles. The smallest absolute Gasteiger partial charge is 0.247 e. The van der Waals surface area contributed by atoms with Gasteiger partial charge in [0, 0.05) is 26.2 Å². The topological polar surface area (TPSA) is 93.9 Å². The standard InChI is InChI=1S/C14H25N3O4S3/c1-4-5-16-12-9-17(6-7-21-10(2)20-3)23-14-11(12)8-13(22-14)24(15,18)19/h8,10,12,16H,4-7,9H2,1-3H3,(H2,15,18,19). The van der Waals surface area contributed by atoms with Gasteiger partial charge in [0.25, 0.3) is 0 Å². The summed E-state index contributed by atoms with van der Waals surface area (Å²) in [7, 11) is -2.06. The van der Waals surface area contributed by atoms with Crippen molar-refractivity contribution in [3.05, 3.63) is 11.6 Å². The molecule has 0 amide bonds. The largest absolute Gasteiger partial charge is 0.356 e. The maximum absolute atomic E-state index is 11.6. The van der Waals surface area contributed by atoms with Gasteiger partial charge in [0.2, 0.25) is 10.0 Å². The average molecular weight is 396 g/mol. The van der Waals surface area contributed by atoms with Crippen molar-refractivity contribution in [2.45, 2.75) is 41.0 Å². The van der Waals surface area contributed by atoms with Gasteiger partial charge >= 0.3 is 0 Å². The number of nitrogens with two attached hydrogens (primary N) is 1. The lowest BCUT2D eigenvalue weighted by atomic mass is 10.1. The minimum absolute atomic E-state index is 0.0906. The van der Waals surface area contributed by atoms with Gasteiger partial charge in [-0.2, -0.15) is 0 Å². The van der Waals surface area contributed by atoms with Gasteiger partial charge in [-0.15, -0.1) is 11.3 Å². The maximum Gasteiger partial charge on any atom is 0.247 e. The number of nitrogens with zero attached hydrogens (tertiary/aromatic N) is 1. The highest BCUT2D eigenvalue weighted by atomic mass is 32.3. The summed E-state index contributed by atoms with van der Waals surface area (Å²) in [4.78, 5) is 0. The fourth-order valence-electron chi connectivity index (χ4n) is 2.30. The molecule has 2 unspecified atom stereocenters. The monoisotopic (exact) mass is 395 g/mol. The van der Waals surface area contributed by atoms with Crippen LogP contribution in [-0.2, 0) is 19.5 Å². The second-order valence-electron chi connectivity index (χ2n) is 5.51. The van der Waals surface area contributed by atoms with E-state index in [0.29, 0.717) is 6.61 Å². The van der Waals surface area contributed by atoms with Crippen LogP contribution < -0.4 is 10.5 Å². The minimum Gasteiger partial charge on any atom is -0.356 e. The molecule has 24 heavy (non-hydrogen) atoms. The van der Waals surface area contributed by atoms with E-state index < -0.39 is 10.0 Å². The Kier molecular flexibility index (Phi) is 7.50. The lowest BCUT2D eigenvalue weighted by Gasteiger charge is -2.32. The summed E-state index contributed by atoms with van der Waals surface area (Å²) in [6.07, 6.45) is 0.777. The first-order valence-electron chi connectivity index (χ1n) is 7.82. The number of sulfonamides is 1. The molecule has 0 saturated carbocycles. The quantitative estimate of drug-likeness (QED) is 0.486. The van der Waals surface area contributed by atoms with Crippen LogP contribution >= 0.6 is 23.3 Å². The molecular formula is C14H25N3O4S3. The zero-order valence-corrected chi connectivity index (χ0v) is 16.6. The summed E-state index contributed by atoms with van der Waals surface area (Å²) in [6.45, 7) is 6.89. The third-order valence-electron chi connectivity index (χ3n) is 3.62. The average Bonchev–Trinajstić information content (AvgIpc) is 2.96. The third-order valence-corrected chi connectivity index (χ3v) is 7.45. The highest BCUT2D eigenvalue weighted by Crippen LogP contribution is 2.43. The molecule has 1 aliphatic rings. The van der Waals surface area contributed by atoms with Gasteiger partial charge in [0.05, 0.1) is 10.8 Å². The fraction of sp³-hybridized carbons (Fsp3) is 0.714. The van der Waals surface area contributed by atoms with Crippen LogP contribution in [0.25, 0.3) is 0 Å². The number of fused-ring (bicyclic) bond motifs is 1. The summed E-state index contributed by atoms with van der Waals surface area (Å²) in [5.74, 6) is 0. The number of thiophene rings is 1. The molecule has 0 aliphatic carbocycles. The molecule has 138 valence electrons. The van der Waals surface area contributed by atoms with Crippen molar-refractivity contribution in [3.8, 4) is 0 Å². The van der Waals surface area contributed by atoms with E-state index >= 15 is 0 Å². The lowest BCUT2D eigenvalue weighted by Crippen LogP contribution is -2.36. The highest BCUT2D eigenvalue weighted by Gasteiger charge is 2.30. The Balaban J connectivity index is 2.10. The van der Waals surface area contributed by atoms with Crippen molar-refractivity contribution in [1.29, 1.82) is 0 Å². The zero-order valence-electron chi connectivity index (χ0n) is 14.1. The van der Waals surface area contributed by atoms with E-state index in [1.54, 1.807) is 25.1 Å². The Bertz CT molecular complexity index is 635. The summed E-state index contributed by atoms with van der Waals surface area (Å²) in [5.41, 5.74) is 1.02.